The summed E-state index contributed by atoms with van der Waals surface area (Å²) in [6.45, 7) is 2.16. The molecular formula is C21H25N5O3. The molecule has 1 fully saturated rings. The average Bonchev–Trinajstić information content (AvgIpc) is 3.21. The van der Waals surface area contributed by atoms with Gasteiger partial charge in [0.15, 0.2) is 17.3 Å². The Kier molecular flexibility index (Phi) is 5.50. The van der Waals surface area contributed by atoms with E-state index in [9.17, 15) is 4.79 Å². The summed E-state index contributed by atoms with van der Waals surface area (Å²) >= 11 is 0. The van der Waals surface area contributed by atoms with Crippen molar-refractivity contribution in [2.75, 3.05) is 49.1 Å². The molecule has 2 aliphatic rings. The Balaban J connectivity index is 1.46. The van der Waals surface area contributed by atoms with Crippen LogP contribution < -0.4 is 24.6 Å². The van der Waals surface area contributed by atoms with Gasteiger partial charge in [-0.25, -0.2) is 4.98 Å². The molecule has 1 saturated heterocycles. The first-order valence-electron chi connectivity index (χ1n) is 9.78. The third-order valence-electron chi connectivity index (χ3n) is 4.90. The lowest BCUT2D eigenvalue weighted by molar-refractivity contribution is -0.111. The smallest absolute Gasteiger partial charge is 0.248 e. The van der Waals surface area contributed by atoms with Crippen molar-refractivity contribution in [1.29, 1.82) is 0 Å². The topological polar surface area (TPSA) is 79.8 Å². The lowest BCUT2D eigenvalue weighted by Gasteiger charge is -2.27. The molecule has 8 heteroatoms. The fraction of sp³-hybridized carbons (Fsp3) is 0.381. The van der Waals surface area contributed by atoms with Crippen LogP contribution in [0.5, 0.6) is 11.5 Å². The molecule has 0 saturated carbocycles. The van der Waals surface area contributed by atoms with Gasteiger partial charge in [-0.2, -0.15) is 4.98 Å². The second-order valence-corrected chi connectivity index (χ2v) is 7.28. The highest BCUT2D eigenvalue weighted by atomic mass is 16.7. The summed E-state index contributed by atoms with van der Waals surface area (Å²) in [5, 5.41) is 2.88. The van der Waals surface area contributed by atoms with Crippen molar-refractivity contribution < 1.29 is 14.3 Å². The Morgan fingerprint density at radius 1 is 1.17 bits per heavy atom. The maximum atomic E-state index is 12.4. The first-order chi connectivity index (χ1) is 14.1. The molecule has 0 atom stereocenters. The van der Waals surface area contributed by atoms with Crippen LogP contribution in [0, 0.1) is 0 Å². The molecule has 2 aliphatic heterocycles. The van der Waals surface area contributed by atoms with Crippen LogP contribution in [0.3, 0.4) is 0 Å². The van der Waals surface area contributed by atoms with Crippen LogP contribution in [-0.2, 0) is 4.79 Å². The molecule has 0 spiro atoms. The summed E-state index contributed by atoms with van der Waals surface area (Å²) in [7, 11) is 3.81. The molecule has 2 aromatic rings. The van der Waals surface area contributed by atoms with Crippen molar-refractivity contribution in [1.82, 2.24) is 9.97 Å². The second-order valence-electron chi connectivity index (χ2n) is 7.28. The van der Waals surface area contributed by atoms with Gasteiger partial charge in [-0.15, -0.1) is 0 Å². The van der Waals surface area contributed by atoms with Crippen LogP contribution in [0.1, 0.15) is 24.8 Å². The molecule has 1 aromatic heterocycles. The number of fused-ring (bicyclic) bond motifs is 1. The molecular weight excluding hydrogens is 370 g/mol. The molecule has 29 heavy (non-hydrogen) atoms. The molecule has 8 nitrogen and oxygen atoms in total. The van der Waals surface area contributed by atoms with E-state index >= 15 is 0 Å². The van der Waals surface area contributed by atoms with Gasteiger partial charge in [0, 0.05) is 33.3 Å². The lowest BCUT2D eigenvalue weighted by atomic mass is 10.1. The number of amides is 1. The van der Waals surface area contributed by atoms with E-state index in [0.29, 0.717) is 29.0 Å². The number of carbonyl (C=O) groups is 1. The minimum absolute atomic E-state index is 0.226. The monoisotopic (exact) mass is 395 g/mol. The van der Waals surface area contributed by atoms with Gasteiger partial charge in [-0.05, 0) is 43.0 Å². The minimum atomic E-state index is -0.250. The van der Waals surface area contributed by atoms with E-state index in [2.05, 4.69) is 20.2 Å². The van der Waals surface area contributed by atoms with Gasteiger partial charge in [0.05, 0.1) is 6.20 Å². The quantitative estimate of drug-likeness (QED) is 0.780. The first kappa shape index (κ1) is 19.0. The molecule has 0 bridgehead atoms. The van der Waals surface area contributed by atoms with E-state index in [1.54, 1.807) is 12.3 Å². The van der Waals surface area contributed by atoms with Gasteiger partial charge in [0.25, 0.3) is 0 Å². The summed E-state index contributed by atoms with van der Waals surface area (Å²) in [6, 6.07) is 5.55. The first-order valence-corrected chi connectivity index (χ1v) is 9.78. The minimum Gasteiger partial charge on any atom is -0.454 e. The van der Waals surface area contributed by atoms with Crippen LogP contribution in [0.2, 0.25) is 0 Å². The average molecular weight is 395 g/mol. The Labute approximate surface area is 170 Å². The van der Waals surface area contributed by atoms with Crippen molar-refractivity contribution in [2.24, 2.45) is 0 Å². The number of hydrogen-bond donors (Lipinski definition) is 1. The number of rotatable bonds is 5. The standard InChI is InChI=1S/C21H25N5O3/c1-25(2)20-16(13-22-21(24-20)26-10-4-3-5-11-26)23-19(27)9-7-15-6-8-17-18(12-15)29-14-28-17/h6-9,12-13H,3-5,10-11,14H2,1-2H3,(H,23,27)/b9-7+. The number of hydrogen-bond acceptors (Lipinski definition) is 7. The zero-order valence-corrected chi connectivity index (χ0v) is 16.7. The Bertz CT molecular complexity index is 923. The number of benzene rings is 1. The third-order valence-corrected chi connectivity index (χ3v) is 4.90. The summed E-state index contributed by atoms with van der Waals surface area (Å²) < 4.78 is 10.7. The summed E-state index contributed by atoms with van der Waals surface area (Å²) in [5.74, 6) is 2.55. The van der Waals surface area contributed by atoms with E-state index in [0.717, 1.165) is 31.5 Å². The third kappa shape index (κ3) is 4.42. The number of nitrogens with one attached hydrogen (secondary N) is 1. The van der Waals surface area contributed by atoms with Crippen molar-refractivity contribution in [2.45, 2.75) is 19.3 Å². The molecule has 0 radical (unpaired) electrons. The van der Waals surface area contributed by atoms with Crippen LogP contribution in [0.4, 0.5) is 17.5 Å². The largest absolute Gasteiger partial charge is 0.454 e. The van der Waals surface area contributed by atoms with E-state index < -0.39 is 0 Å². The molecule has 0 unspecified atom stereocenters. The Morgan fingerprint density at radius 3 is 2.76 bits per heavy atom. The van der Waals surface area contributed by atoms with Crippen molar-refractivity contribution >= 4 is 29.4 Å². The van der Waals surface area contributed by atoms with E-state index in [-0.39, 0.29) is 12.7 Å². The van der Waals surface area contributed by atoms with Crippen LogP contribution in [-0.4, -0.2) is 49.9 Å². The molecule has 1 N–H and O–H groups in total. The number of nitrogens with zero attached hydrogens (tertiary/aromatic N) is 4. The zero-order chi connectivity index (χ0) is 20.2. The normalized spacial score (nSPS) is 15.6. The SMILES string of the molecule is CN(C)c1nc(N2CCCCC2)ncc1NC(=O)/C=C/c1ccc2c(c1)OCO2. The van der Waals surface area contributed by atoms with E-state index in [1.165, 1.54) is 12.5 Å². The summed E-state index contributed by atoms with van der Waals surface area (Å²) in [6.07, 6.45) is 8.46. The molecule has 1 aromatic carbocycles. The van der Waals surface area contributed by atoms with Crippen molar-refractivity contribution in [3.8, 4) is 11.5 Å². The van der Waals surface area contributed by atoms with Crippen LogP contribution in [0.25, 0.3) is 6.08 Å². The highest BCUT2D eigenvalue weighted by Gasteiger charge is 2.17. The number of carbonyl (C=O) groups excluding carboxylic acids is 1. The predicted molar refractivity (Wildman–Crippen MR) is 113 cm³/mol. The highest BCUT2D eigenvalue weighted by Crippen LogP contribution is 2.32. The maximum Gasteiger partial charge on any atom is 0.248 e. The fourth-order valence-electron chi connectivity index (χ4n) is 3.40. The van der Waals surface area contributed by atoms with Crippen molar-refractivity contribution in [3.05, 3.63) is 36.0 Å². The number of piperidine rings is 1. The number of aromatic nitrogens is 2. The van der Waals surface area contributed by atoms with Gasteiger partial charge < -0.3 is 24.6 Å². The lowest BCUT2D eigenvalue weighted by Crippen LogP contribution is -2.31. The molecule has 152 valence electrons. The van der Waals surface area contributed by atoms with E-state index in [4.69, 9.17) is 9.47 Å². The van der Waals surface area contributed by atoms with Gasteiger partial charge in [0.2, 0.25) is 18.6 Å². The van der Waals surface area contributed by atoms with Gasteiger partial charge in [-0.1, -0.05) is 6.07 Å². The molecule has 1 amide bonds. The Morgan fingerprint density at radius 2 is 1.97 bits per heavy atom. The summed E-state index contributed by atoms with van der Waals surface area (Å²) in [5.41, 5.74) is 1.44. The highest BCUT2D eigenvalue weighted by molar-refractivity contribution is 6.03. The maximum absolute atomic E-state index is 12.4. The molecule has 4 rings (SSSR count). The predicted octanol–water partition coefficient (Wildman–Crippen LogP) is 2.91. The zero-order valence-electron chi connectivity index (χ0n) is 16.7. The fourth-order valence-corrected chi connectivity index (χ4v) is 3.40. The molecule has 0 aliphatic carbocycles. The Hall–Kier alpha value is -3.29. The van der Waals surface area contributed by atoms with Crippen LogP contribution >= 0.6 is 0 Å². The van der Waals surface area contributed by atoms with Gasteiger partial charge >= 0.3 is 0 Å². The van der Waals surface area contributed by atoms with Crippen molar-refractivity contribution in [3.63, 3.8) is 0 Å². The number of anilines is 3. The number of ether oxygens (including phenoxy) is 2. The molecule has 3 heterocycles. The second kappa shape index (κ2) is 8.38. The van der Waals surface area contributed by atoms with Crippen LogP contribution in [0.15, 0.2) is 30.5 Å². The van der Waals surface area contributed by atoms with E-state index in [1.807, 2.05) is 37.2 Å². The van der Waals surface area contributed by atoms with Gasteiger partial charge in [0.1, 0.15) is 5.69 Å². The van der Waals surface area contributed by atoms with Gasteiger partial charge in [-0.3, -0.25) is 4.79 Å². The summed E-state index contributed by atoms with van der Waals surface area (Å²) in [4.78, 5) is 25.7.